The van der Waals surface area contributed by atoms with Crippen molar-refractivity contribution in [2.75, 3.05) is 35.5 Å². The van der Waals surface area contributed by atoms with Crippen LogP contribution in [0.5, 0.6) is 28.7 Å². The second-order valence-corrected chi connectivity index (χ2v) is 5.99. The highest BCUT2D eigenvalue weighted by atomic mass is 16.5. The number of methoxy groups -OCH3 is 5. The summed E-state index contributed by atoms with van der Waals surface area (Å²) in [5.74, 6) is 2.97. The molecule has 2 aromatic carbocycles. The van der Waals surface area contributed by atoms with E-state index < -0.39 is 0 Å². The third kappa shape index (κ3) is 5.22. The number of hydrogen-bond acceptors (Lipinski definition) is 6. The summed E-state index contributed by atoms with van der Waals surface area (Å²) in [6.07, 6.45) is 0.823. The maximum absolute atomic E-state index is 12.3. The number of carbonyl (C=O) groups excluding carboxylic acids is 1. The van der Waals surface area contributed by atoms with E-state index in [9.17, 15) is 4.79 Å². The minimum Gasteiger partial charge on any atom is -0.497 e. The van der Waals surface area contributed by atoms with Gasteiger partial charge in [-0.2, -0.15) is 0 Å². The first-order valence-electron chi connectivity index (χ1n) is 8.82. The summed E-state index contributed by atoms with van der Waals surface area (Å²) in [6.45, 7) is 0.384. The molecule has 0 bridgehead atoms. The zero-order valence-electron chi connectivity index (χ0n) is 17.0. The van der Waals surface area contributed by atoms with Gasteiger partial charge in [0.2, 0.25) is 11.7 Å². The van der Waals surface area contributed by atoms with Crippen LogP contribution in [0.25, 0.3) is 0 Å². The van der Waals surface area contributed by atoms with Gasteiger partial charge in [-0.1, -0.05) is 6.07 Å². The third-order valence-electron chi connectivity index (χ3n) is 4.31. The van der Waals surface area contributed by atoms with Gasteiger partial charge in [-0.15, -0.1) is 0 Å². The molecule has 0 aliphatic carbocycles. The van der Waals surface area contributed by atoms with Gasteiger partial charge in [0, 0.05) is 19.0 Å². The smallest absolute Gasteiger partial charge is 0.220 e. The third-order valence-corrected chi connectivity index (χ3v) is 4.31. The van der Waals surface area contributed by atoms with Gasteiger partial charge in [0.25, 0.3) is 0 Å². The largest absolute Gasteiger partial charge is 0.497 e. The number of carbonyl (C=O) groups is 1. The highest BCUT2D eigenvalue weighted by Gasteiger charge is 2.16. The van der Waals surface area contributed by atoms with Crippen molar-refractivity contribution in [3.8, 4) is 28.7 Å². The summed E-state index contributed by atoms with van der Waals surface area (Å²) < 4.78 is 26.6. The van der Waals surface area contributed by atoms with E-state index in [1.54, 1.807) is 47.7 Å². The van der Waals surface area contributed by atoms with Gasteiger partial charge in [0.05, 0.1) is 35.5 Å². The summed E-state index contributed by atoms with van der Waals surface area (Å²) >= 11 is 0. The molecule has 7 heteroatoms. The monoisotopic (exact) mass is 389 g/mol. The molecule has 0 heterocycles. The zero-order valence-corrected chi connectivity index (χ0v) is 17.0. The molecule has 0 atom stereocenters. The average molecular weight is 389 g/mol. The van der Waals surface area contributed by atoms with Crippen LogP contribution in [-0.2, 0) is 17.8 Å². The lowest BCUT2D eigenvalue weighted by Gasteiger charge is -2.15. The first kappa shape index (κ1) is 21.2. The topological polar surface area (TPSA) is 75.3 Å². The highest BCUT2D eigenvalue weighted by molar-refractivity contribution is 5.76. The van der Waals surface area contributed by atoms with Crippen LogP contribution in [0.1, 0.15) is 17.5 Å². The van der Waals surface area contributed by atoms with Crippen LogP contribution in [-0.4, -0.2) is 41.5 Å². The molecule has 1 amide bonds. The Kier molecular flexibility index (Phi) is 7.80. The Morgan fingerprint density at radius 3 is 2.00 bits per heavy atom. The first-order valence-corrected chi connectivity index (χ1v) is 8.82. The zero-order chi connectivity index (χ0) is 20.5. The SMILES string of the molecule is COc1cc(CNC(=O)CCc2ccc(OC)c(OC)c2OC)cc(OC)c1. The van der Waals surface area contributed by atoms with E-state index in [2.05, 4.69) is 5.32 Å². The minimum absolute atomic E-state index is 0.0707. The van der Waals surface area contributed by atoms with Gasteiger partial charge < -0.3 is 29.0 Å². The number of nitrogens with one attached hydrogen (secondary N) is 1. The van der Waals surface area contributed by atoms with Crippen molar-refractivity contribution >= 4 is 5.91 Å². The van der Waals surface area contributed by atoms with E-state index in [4.69, 9.17) is 23.7 Å². The summed E-state index contributed by atoms with van der Waals surface area (Å²) in [4.78, 5) is 12.3. The van der Waals surface area contributed by atoms with Crippen molar-refractivity contribution in [1.82, 2.24) is 5.32 Å². The fraction of sp³-hybridized carbons (Fsp3) is 0.381. The number of rotatable bonds is 10. The lowest BCUT2D eigenvalue weighted by Crippen LogP contribution is -2.23. The molecular formula is C21H27NO6. The lowest BCUT2D eigenvalue weighted by atomic mass is 10.1. The minimum atomic E-state index is -0.0707. The molecule has 7 nitrogen and oxygen atoms in total. The quantitative estimate of drug-likeness (QED) is 0.673. The number of ether oxygens (including phenoxy) is 5. The molecule has 0 saturated carbocycles. The van der Waals surface area contributed by atoms with E-state index in [-0.39, 0.29) is 5.91 Å². The average Bonchev–Trinajstić information content (AvgIpc) is 2.74. The molecule has 152 valence electrons. The van der Waals surface area contributed by atoms with Gasteiger partial charge in [-0.3, -0.25) is 4.79 Å². The van der Waals surface area contributed by atoms with Gasteiger partial charge in [-0.05, 0) is 35.7 Å². The maximum Gasteiger partial charge on any atom is 0.220 e. The molecule has 0 radical (unpaired) electrons. The van der Waals surface area contributed by atoms with Crippen molar-refractivity contribution in [3.05, 3.63) is 41.5 Å². The molecule has 2 aromatic rings. The van der Waals surface area contributed by atoms with Crippen molar-refractivity contribution in [1.29, 1.82) is 0 Å². The maximum atomic E-state index is 12.3. The van der Waals surface area contributed by atoms with Crippen LogP contribution in [0.2, 0.25) is 0 Å². The summed E-state index contributed by atoms with van der Waals surface area (Å²) in [5.41, 5.74) is 1.77. The number of hydrogen-bond donors (Lipinski definition) is 1. The Balaban J connectivity index is 2.00. The van der Waals surface area contributed by atoms with E-state index in [0.717, 1.165) is 11.1 Å². The van der Waals surface area contributed by atoms with Gasteiger partial charge in [0.1, 0.15) is 11.5 Å². The Morgan fingerprint density at radius 2 is 1.46 bits per heavy atom. The number of aryl methyl sites for hydroxylation is 1. The van der Waals surface area contributed by atoms with Gasteiger partial charge in [0.15, 0.2) is 11.5 Å². The van der Waals surface area contributed by atoms with Crippen molar-refractivity contribution < 1.29 is 28.5 Å². The second kappa shape index (κ2) is 10.3. The van der Waals surface area contributed by atoms with E-state index in [1.165, 1.54) is 0 Å². The molecule has 0 saturated heterocycles. The van der Waals surface area contributed by atoms with E-state index >= 15 is 0 Å². The summed E-state index contributed by atoms with van der Waals surface area (Å²) in [7, 11) is 7.87. The van der Waals surface area contributed by atoms with E-state index in [1.807, 2.05) is 18.2 Å². The lowest BCUT2D eigenvalue weighted by molar-refractivity contribution is -0.121. The molecule has 0 aliphatic rings. The fourth-order valence-corrected chi connectivity index (χ4v) is 2.87. The summed E-state index contributed by atoms with van der Waals surface area (Å²) in [6, 6.07) is 9.19. The molecule has 0 fully saturated rings. The molecule has 0 aromatic heterocycles. The number of amides is 1. The predicted octanol–water partition coefficient (Wildman–Crippen LogP) is 2.98. The van der Waals surface area contributed by atoms with Crippen LogP contribution in [0.15, 0.2) is 30.3 Å². The normalized spacial score (nSPS) is 10.2. The Hall–Kier alpha value is -3.09. The molecule has 28 heavy (non-hydrogen) atoms. The molecular weight excluding hydrogens is 362 g/mol. The van der Waals surface area contributed by atoms with Gasteiger partial charge in [-0.25, -0.2) is 0 Å². The first-order chi connectivity index (χ1) is 13.6. The van der Waals surface area contributed by atoms with Crippen molar-refractivity contribution in [2.45, 2.75) is 19.4 Å². The van der Waals surface area contributed by atoms with Crippen LogP contribution in [0.4, 0.5) is 0 Å². The number of benzene rings is 2. The predicted molar refractivity (Wildman–Crippen MR) is 106 cm³/mol. The molecule has 0 unspecified atom stereocenters. The summed E-state index contributed by atoms with van der Waals surface area (Å²) in [5, 5.41) is 2.91. The second-order valence-electron chi connectivity index (χ2n) is 5.99. The van der Waals surface area contributed by atoms with Crippen molar-refractivity contribution in [3.63, 3.8) is 0 Å². The Bertz CT molecular complexity index is 783. The molecule has 2 rings (SSSR count). The van der Waals surface area contributed by atoms with Crippen LogP contribution in [0, 0.1) is 0 Å². The Labute approximate surface area is 165 Å². The molecule has 0 spiro atoms. The van der Waals surface area contributed by atoms with Crippen LogP contribution < -0.4 is 29.0 Å². The van der Waals surface area contributed by atoms with Crippen LogP contribution in [0.3, 0.4) is 0 Å². The van der Waals surface area contributed by atoms with Crippen molar-refractivity contribution in [2.24, 2.45) is 0 Å². The highest BCUT2D eigenvalue weighted by Crippen LogP contribution is 2.40. The fourth-order valence-electron chi connectivity index (χ4n) is 2.87. The van der Waals surface area contributed by atoms with Crippen LogP contribution >= 0.6 is 0 Å². The van der Waals surface area contributed by atoms with Gasteiger partial charge >= 0.3 is 0 Å². The molecule has 1 N–H and O–H groups in total. The molecule has 0 aliphatic heterocycles. The Morgan fingerprint density at radius 1 is 0.821 bits per heavy atom. The van der Waals surface area contributed by atoms with E-state index in [0.29, 0.717) is 48.1 Å². The standard InChI is InChI=1S/C21H27NO6/c1-24-16-10-14(11-17(12-16)25-2)13-22-19(23)9-7-15-6-8-18(26-3)21(28-5)20(15)27-4/h6,8,10-12H,7,9,13H2,1-5H3,(H,22,23).